The molecule has 0 aliphatic carbocycles. The van der Waals surface area contributed by atoms with E-state index in [1.165, 1.54) is 11.6 Å². The largest absolute Gasteiger partial charge is 0.496 e. The highest BCUT2D eigenvalue weighted by molar-refractivity contribution is 5.58. The lowest BCUT2D eigenvalue weighted by atomic mass is 9.84. The van der Waals surface area contributed by atoms with Crippen molar-refractivity contribution in [2.75, 3.05) is 19.0 Å². The third kappa shape index (κ3) is 2.16. The van der Waals surface area contributed by atoms with Crippen molar-refractivity contribution in [1.82, 2.24) is 0 Å². The maximum absolute atomic E-state index is 13.5. The Labute approximate surface area is 112 Å². The highest BCUT2D eigenvalue weighted by Crippen LogP contribution is 2.40. The van der Waals surface area contributed by atoms with Gasteiger partial charge in [-0.15, -0.1) is 0 Å². The minimum absolute atomic E-state index is 0.183. The Hall–Kier alpha value is -2.03. The van der Waals surface area contributed by atoms with E-state index in [1.807, 2.05) is 12.1 Å². The zero-order valence-corrected chi connectivity index (χ0v) is 10.8. The summed E-state index contributed by atoms with van der Waals surface area (Å²) in [5, 5.41) is 3.38. The summed E-state index contributed by atoms with van der Waals surface area (Å²) < 4.78 is 18.9. The van der Waals surface area contributed by atoms with E-state index in [0.717, 1.165) is 30.0 Å². The molecule has 19 heavy (non-hydrogen) atoms. The first-order valence-corrected chi connectivity index (χ1v) is 6.46. The van der Waals surface area contributed by atoms with Gasteiger partial charge in [0.1, 0.15) is 11.6 Å². The predicted octanol–water partition coefficient (Wildman–Crippen LogP) is 3.78. The van der Waals surface area contributed by atoms with Crippen LogP contribution in [0.5, 0.6) is 5.75 Å². The predicted molar refractivity (Wildman–Crippen MR) is 74.3 cm³/mol. The quantitative estimate of drug-likeness (QED) is 0.884. The normalized spacial score (nSPS) is 17.5. The molecule has 2 aromatic rings. The Bertz CT molecular complexity index is 597. The number of para-hydroxylation sites is 1. The van der Waals surface area contributed by atoms with Gasteiger partial charge in [-0.05, 0) is 36.2 Å². The maximum atomic E-state index is 13.5. The van der Waals surface area contributed by atoms with Crippen LogP contribution in [0.2, 0.25) is 0 Å². The minimum Gasteiger partial charge on any atom is -0.496 e. The summed E-state index contributed by atoms with van der Waals surface area (Å²) in [6, 6.07) is 12.9. The second-order valence-electron chi connectivity index (χ2n) is 4.74. The zero-order chi connectivity index (χ0) is 13.2. The van der Waals surface area contributed by atoms with E-state index < -0.39 is 0 Å². The first-order valence-electron chi connectivity index (χ1n) is 6.46. The van der Waals surface area contributed by atoms with Crippen molar-refractivity contribution in [2.24, 2.45) is 0 Å². The number of anilines is 1. The summed E-state index contributed by atoms with van der Waals surface area (Å²) in [7, 11) is 1.63. The summed E-state index contributed by atoms with van der Waals surface area (Å²) in [5.74, 6) is 0.720. The number of benzene rings is 2. The highest BCUT2D eigenvalue weighted by atomic mass is 19.1. The monoisotopic (exact) mass is 257 g/mol. The molecule has 1 heterocycles. The highest BCUT2D eigenvalue weighted by Gasteiger charge is 2.24. The molecule has 1 unspecified atom stereocenters. The molecule has 1 aliphatic rings. The van der Waals surface area contributed by atoms with Crippen LogP contribution in [-0.2, 0) is 0 Å². The standard InChI is InChI=1S/C16H16FNO/c1-19-16-7-6-11(17)10-14(16)12-8-9-18-15-5-3-2-4-13(12)15/h2-7,10,12,18H,8-9H2,1H3. The molecule has 1 atom stereocenters. The Morgan fingerprint density at radius 3 is 2.84 bits per heavy atom. The van der Waals surface area contributed by atoms with Crippen molar-refractivity contribution in [1.29, 1.82) is 0 Å². The molecule has 0 bridgehead atoms. The minimum atomic E-state index is -0.216. The number of ether oxygens (including phenoxy) is 1. The third-order valence-electron chi connectivity index (χ3n) is 3.65. The Balaban J connectivity index is 2.11. The van der Waals surface area contributed by atoms with E-state index in [9.17, 15) is 4.39 Å². The summed E-state index contributed by atoms with van der Waals surface area (Å²) in [6.45, 7) is 0.890. The van der Waals surface area contributed by atoms with Crippen LogP contribution in [0, 0.1) is 5.82 Å². The van der Waals surface area contributed by atoms with Crippen LogP contribution in [0.3, 0.4) is 0 Å². The smallest absolute Gasteiger partial charge is 0.123 e. The molecule has 1 N–H and O–H groups in total. The van der Waals surface area contributed by atoms with Gasteiger partial charge in [0.05, 0.1) is 7.11 Å². The molecule has 0 saturated heterocycles. The van der Waals surface area contributed by atoms with E-state index in [1.54, 1.807) is 19.2 Å². The van der Waals surface area contributed by atoms with Gasteiger partial charge >= 0.3 is 0 Å². The molecule has 3 heteroatoms. The van der Waals surface area contributed by atoms with Crippen LogP contribution in [0.25, 0.3) is 0 Å². The molecule has 98 valence electrons. The van der Waals surface area contributed by atoms with Crippen LogP contribution in [0.15, 0.2) is 42.5 Å². The summed E-state index contributed by atoms with van der Waals surface area (Å²) >= 11 is 0. The van der Waals surface area contributed by atoms with Crippen molar-refractivity contribution in [3.63, 3.8) is 0 Å². The van der Waals surface area contributed by atoms with Gasteiger partial charge in [0.15, 0.2) is 0 Å². The molecule has 2 nitrogen and oxygen atoms in total. The molecule has 0 radical (unpaired) electrons. The van der Waals surface area contributed by atoms with Crippen molar-refractivity contribution >= 4 is 5.69 Å². The first kappa shape index (κ1) is 12.0. The molecule has 0 saturated carbocycles. The fourth-order valence-electron chi connectivity index (χ4n) is 2.77. The second-order valence-corrected chi connectivity index (χ2v) is 4.74. The van der Waals surface area contributed by atoms with E-state index >= 15 is 0 Å². The van der Waals surface area contributed by atoms with Gasteiger partial charge in [-0.2, -0.15) is 0 Å². The summed E-state index contributed by atoms with van der Waals surface area (Å²) in [5.41, 5.74) is 3.26. The third-order valence-corrected chi connectivity index (χ3v) is 3.65. The number of methoxy groups -OCH3 is 1. The number of rotatable bonds is 2. The first-order chi connectivity index (χ1) is 9.29. The molecule has 3 rings (SSSR count). The summed E-state index contributed by atoms with van der Waals surface area (Å²) in [6.07, 6.45) is 0.941. The topological polar surface area (TPSA) is 21.3 Å². The molecule has 2 aromatic carbocycles. The summed E-state index contributed by atoms with van der Waals surface area (Å²) in [4.78, 5) is 0. The van der Waals surface area contributed by atoms with Gasteiger partial charge in [-0.25, -0.2) is 4.39 Å². The van der Waals surface area contributed by atoms with E-state index in [2.05, 4.69) is 17.4 Å². The number of hydrogen-bond acceptors (Lipinski definition) is 2. The fourth-order valence-corrected chi connectivity index (χ4v) is 2.77. The fraction of sp³-hybridized carbons (Fsp3) is 0.250. The van der Waals surface area contributed by atoms with Crippen molar-refractivity contribution in [3.05, 3.63) is 59.4 Å². The number of nitrogens with one attached hydrogen (secondary N) is 1. The lowest BCUT2D eigenvalue weighted by molar-refractivity contribution is 0.405. The van der Waals surface area contributed by atoms with Crippen LogP contribution in [-0.4, -0.2) is 13.7 Å². The lowest BCUT2D eigenvalue weighted by Crippen LogP contribution is -2.18. The van der Waals surface area contributed by atoms with Crippen LogP contribution in [0.1, 0.15) is 23.5 Å². The second kappa shape index (κ2) is 4.92. The molecular formula is C16H16FNO. The zero-order valence-electron chi connectivity index (χ0n) is 10.8. The molecule has 1 aliphatic heterocycles. The van der Waals surface area contributed by atoms with Gasteiger partial charge in [0.25, 0.3) is 0 Å². The molecule has 0 spiro atoms. The van der Waals surface area contributed by atoms with Gasteiger partial charge in [-0.3, -0.25) is 0 Å². The van der Waals surface area contributed by atoms with Gasteiger partial charge in [0, 0.05) is 23.7 Å². The number of halogens is 1. The maximum Gasteiger partial charge on any atom is 0.123 e. The number of hydrogen-bond donors (Lipinski definition) is 1. The van der Waals surface area contributed by atoms with Crippen LogP contribution >= 0.6 is 0 Å². The van der Waals surface area contributed by atoms with Crippen LogP contribution < -0.4 is 10.1 Å². The van der Waals surface area contributed by atoms with Crippen molar-refractivity contribution < 1.29 is 9.13 Å². The average molecular weight is 257 g/mol. The Kier molecular flexibility index (Phi) is 3.11. The molecule has 0 fully saturated rings. The number of fused-ring (bicyclic) bond motifs is 1. The van der Waals surface area contributed by atoms with Gasteiger partial charge < -0.3 is 10.1 Å². The van der Waals surface area contributed by atoms with Crippen molar-refractivity contribution in [3.8, 4) is 5.75 Å². The molecule has 0 amide bonds. The molecule has 0 aromatic heterocycles. The van der Waals surface area contributed by atoms with Gasteiger partial charge in [0.2, 0.25) is 0 Å². The van der Waals surface area contributed by atoms with Crippen molar-refractivity contribution in [2.45, 2.75) is 12.3 Å². The Morgan fingerprint density at radius 2 is 2.00 bits per heavy atom. The van der Waals surface area contributed by atoms with Crippen LogP contribution in [0.4, 0.5) is 10.1 Å². The lowest BCUT2D eigenvalue weighted by Gasteiger charge is -2.28. The Morgan fingerprint density at radius 1 is 1.16 bits per heavy atom. The molecular weight excluding hydrogens is 241 g/mol. The average Bonchev–Trinajstić information content (AvgIpc) is 2.46. The van der Waals surface area contributed by atoms with Gasteiger partial charge in [-0.1, -0.05) is 18.2 Å². The van der Waals surface area contributed by atoms with E-state index in [4.69, 9.17) is 4.74 Å². The SMILES string of the molecule is COc1ccc(F)cc1C1CCNc2ccccc21. The van der Waals surface area contributed by atoms with E-state index in [-0.39, 0.29) is 11.7 Å². The van der Waals surface area contributed by atoms with E-state index in [0.29, 0.717) is 0 Å².